The average Bonchev–Trinajstić information content (AvgIpc) is 3.34. The van der Waals surface area contributed by atoms with Crippen molar-refractivity contribution in [1.82, 2.24) is 10.2 Å². The SMILES string of the molecule is COC(=O)[C@H](CO[Si](c1ccccc1)(c1ccccc1)C(C)(C)C)NC(=O)C1(CO)CCCN1C(=O)O. The Morgan fingerprint density at radius 2 is 1.59 bits per heavy atom. The van der Waals surface area contributed by atoms with Crippen molar-refractivity contribution in [3.05, 3.63) is 60.7 Å². The second-order valence-electron chi connectivity index (χ2n) is 10.3. The molecule has 1 aliphatic rings. The smallest absolute Gasteiger partial charge is 0.408 e. The van der Waals surface area contributed by atoms with E-state index in [4.69, 9.17) is 9.16 Å². The zero-order chi connectivity index (χ0) is 27.3. The number of benzene rings is 2. The summed E-state index contributed by atoms with van der Waals surface area (Å²) in [7, 11) is -1.81. The maximum atomic E-state index is 13.4. The number of likely N-dealkylation sites (tertiary alicyclic amines) is 1. The first-order valence-corrected chi connectivity index (χ1v) is 14.2. The molecule has 1 fully saturated rings. The maximum Gasteiger partial charge on any atom is 0.408 e. The molecule has 0 aromatic heterocycles. The molecular weight excluding hydrogens is 492 g/mol. The monoisotopic (exact) mass is 528 g/mol. The van der Waals surface area contributed by atoms with Gasteiger partial charge in [0.2, 0.25) is 5.91 Å². The first-order chi connectivity index (χ1) is 17.5. The van der Waals surface area contributed by atoms with E-state index in [2.05, 4.69) is 26.1 Å². The van der Waals surface area contributed by atoms with Gasteiger partial charge >= 0.3 is 12.1 Å². The van der Waals surface area contributed by atoms with E-state index >= 15 is 0 Å². The Balaban J connectivity index is 1.99. The Morgan fingerprint density at radius 1 is 1.05 bits per heavy atom. The molecule has 2 amide bonds. The van der Waals surface area contributed by atoms with Gasteiger partial charge in [-0.1, -0.05) is 81.4 Å². The first-order valence-electron chi connectivity index (χ1n) is 12.3. The Bertz CT molecular complexity index is 1050. The molecule has 0 radical (unpaired) electrons. The van der Waals surface area contributed by atoms with Crippen molar-refractivity contribution < 1.29 is 33.8 Å². The van der Waals surface area contributed by atoms with Gasteiger partial charge in [-0.3, -0.25) is 9.69 Å². The highest BCUT2D eigenvalue weighted by molar-refractivity contribution is 6.99. The quantitative estimate of drug-likeness (QED) is 0.334. The largest absolute Gasteiger partial charge is 0.467 e. The van der Waals surface area contributed by atoms with E-state index in [-0.39, 0.29) is 24.6 Å². The number of hydrogen-bond acceptors (Lipinski definition) is 6. The molecule has 0 aliphatic carbocycles. The van der Waals surface area contributed by atoms with E-state index in [1.165, 1.54) is 7.11 Å². The zero-order valence-electron chi connectivity index (χ0n) is 21.8. The van der Waals surface area contributed by atoms with E-state index < -0.39 is 44.5 Å². The molecule has 10 heteroatoms. The number of aliphatic hydroxyl groups is 1. The van der Waals surface area contributed by atoms with E-state index in [0.29, 0.717) is 6.42 Å². The van der Waals surface area contributed by atoms with Crippen LogP contribution in [0.1, 0.15) is 33.6 Å². The lowest BCUT2D eigenvalue weighted by Gasteiger charge is -2.43. The van der Waals surface area contributed by atoms with Gasteiger partial charge in [-0.05, 0) is 28.3 Å². The van der Waals surface area contributed by atoms with E-state index in [1.807, 2.05) is 60.7 Å². The molecule has 1 saturated heterocycles. The number of aliphatic hydroxyl groups excluding tert-OH is 1. The summed E-state index contributed by atoms with van der Waals surface area (Å²) >= 11 is 0. The summed E-state index contributed by atoms with van der Waals surface area (Å²) in [5.74, 6) is -1.48. The molecule has 0 saturated carbocycles. The lowest BCUT2D eigenvalue weighted by Crippen LogP contribution is -2.68. The minimum absolute atomic E-state index is 0.116. The summed E-state index contributed by atoms with van der Waals surface area (Å²) < 4.78 is 11.8. The number of carbonyl (C=O) groups is 3. The number of rotatable bonds is 9. The summed E-state index contributed by atoms with van der Waals surface area (Å²) in [6.07, 6.45) is -0.743. The lowest BCUT2D eigenvalue weighted by atomic mass is 9.95. The van der Waals surface area contributed by atoms with Crippen molar-refractivity contribution in [3.8, 4) is 0 Å². The molecular formula is C27H36N2O7Si. The van der Waals surface area contributed by atoms with Crippen LogP contribution in [-0.4, -0.2) is 79.8 Å². The molecule has 3 N–H and O–H groups in total. The molecule has 3 rings (SSSR count). The summed E-state index contributed by atoms with van der Waals surface area (Å²) in [5.41, 5.74) is -1.67. The van der Waals surface area contributed by atoms with Crippen LogP contribution in [0.5, 0.6) is 0 Å². The van der Waals surface area contributed by atoms with E-state index in [1.54, 1.807) is 0 Å². The van der Waals surface area contributed by atoms with Crippen LogP contribution < -0.4 is 15.7 Å². The molecule has 1 heterocycles. The topological polar surface area (TPSA) is 125 Å². The third kappa shape index (κ3) is 5.41. The van der Waals surface area contributed by atoms with Gasteiger partial charge in [-0.2, -0.15) is 0 Å². The highest BCUT2D eigenvalue weighted by atomic mass is 28.4. The Labute approximate surface area is 218 Å². The third-order valence-corrected chi connectivity index (χ3v) is 12.1. The van der Waals surface area contributed by atoms with Gasteiger partial charge in [0.25, 0.3) is 8.32 Å². The Kier molecular flexibility index (Phi) is 8.78. The highest BCUT2D eigenvalue weighted by Gasteiger charge is 2.53. The van der Waals surface area contributed by atoms with Gasteiger partial charge < -0.3 is 24.7 Å². The molecule has 1 unspecified atom stereocenters. The fourth-order valence-corrected chi connectivity index (χ4v) is 9.78. The van der Waals surface area contributed by atoms with E-state index in [9.17, 15) is 24.6 Å². The number of hydrogen-bond donors (Lipinski definition) is 3. The normalized spacial score (nSPS) is 18.8. The van der Waals surface area contributed by atoms with Crippen LogP contribution in [0.2, 0.25) is 5.04 Å². The van der Waals surface area contributed by atoms with Crippen LogP contribution in [0.15, 0.2) is 60.7 Å². The lowest BCUT2D eigenvalue weighted by molar-refractivity contribution is -0.148. The molecule has 2 aromatic rings. The number of esters is 1. The summed E-state index contributed by atoms with van der Waals surface area (Å²) in [6, 6.07) is 18.5. The van der Waals surface area contributed by atoms with Gasteiger partial charge in [-0.25, -0.2) is 9.59 Å². The number of ether oxygens (including phenoxy) is 1. The highest BCUT2D eigenvalue weighted by Crippen LogP contribution is 2.37. The summed E-state index contributed by atoms with van der Waals surface area (Å²) in [4.78, 5) is 38.9. The van der Waals surface area contributed by atoms with Gasteiger partial charge in [0.15, 0.2) is 0 Å². The predicted octanol–water partition coefficient (Wildman–Crippen LogP) is 1.73. The minimum atomic E-state index is -3.02. The van der Waals surface area contributed by atoms with Crippen LogP contribution in [-0.2, 0) is 18.8 Å². The van der Waals surface area contributed by atoms with Crippen molar-refractivity contribution in [3.63, 3.8) is 0 Å². The molecule has 9 nitrogen and oxygen atoms in total. The van der Waals surface area contributed by atoms with Gasteiger partial charge in [-0.15, -0.1) is 0 Å². The van der Waals surface area contributed by atoms with Crippen molar-refractivity contribution in [2.75, 3.05) is 26.9 Å². The van der Waals surface area contributed by atoms with Crippen LogP contribution in [0.25, 0.3) is 0 Å². The molecule has 200 valence electrons. The second-order valence-corrected chi connectivity index (χ2v) is 14.6. The molecule has 0 spiro atoms. The number of amides is 2. The van der Waals surface area contributed by atoms with Gasteiger partial charge in [0.05, 0.1) is 20.3 Å². The molecule has 2 atom stereocenters. The van der Waals surface area contributed by atoms with Crippen molar-refractivity contribution >= 4 is 36.7 Å². The molecule has 2 aromatic carbocycles. The van der Waals surface area contributed by atoms with Crippen LogP contribution in [0.3, 0.4) is 0 Å². The predicted molar refractivity (Wildman–Crippen MR) is 141 cm³/mol. The van der Waals surface area contributed by atoms with Crippen LogP contribution in [0.4, 0.5) is 4.79 Å². The maximum absolute atomic E-state index is 13.4. The van der Waals surface area contributed by atoms with Crippen molar-refractivity contribution in [1.29, 1.82) is 0 Å². The van der Waals surface area contributed by atoms with Crippen LogP contribution in [0, 0.1) is 0 Å². The van der Waals surface area contributed by atoms with Crippen LogP contribution >= 0.6 is 0 Å². The summed E-state index contributed by atoms with van der Waals surface area (Å²) in [5, 5.41) is 23.9. The van der Waals surface area contributed by atoms with Gasteiger partial charge in [0.1, 0.15) is 11.6 Å². The molecule has 37 heavy (non-hydrogen) atoms. The number of carboxylic acid groups (broad SMARTS) is 1. The number of nitrogens with one attached hydrogen (secondary N) is 1. The van der Waals surface area contributed by atoms with Crippen molar-refractivity contribution in [2.24, 2.45) is 0 Å². The number of methoxy groups -OCH3 is 1. The fraction of sp³-hybridized carbons (Fsp3) is 0.444. The van der Waals surface area contributed by atoms with Crippen molar-refractivity contribution in [2.45, 2.75) is 50.2 Å². The second kappa shape index (κ2) is 11.5. The Hall–Kier alpha value is -3.21. The standard InChI is InChI=1S/C27H36N2O7Si/c1-26(2,3)37(20-12-7-5-8-13-20,21-14-9-6-10-15-21)36-18-22(23(31)35-4)28-24(32)27(19-30)16-11-17-29(27)25(33)34/h5-10,12-15,22,30H,11,16-19H2,1-4H3,(H,28,32)(H,33,34)/t22-,27?/m0/s1. The average molecular weight is 529 g/mol. The Morgan fingerprint density at radius 3 is 2.03 bits per heavy atom. The summed E-state index contributed by atoms with van der Waals surface area (Å²) in [6.45, 7) is 5.50. The third-order valence-electron chi connectivity index (χ3n) is 7.08. The molecule has 1 aliphatic heterocycles. The first kappa shape index (κ1) is 28.4. The fourth-order valence-electron chi connectivity index (χ4n) is 5.20. The number of carbonyl (C=O) groups excluding carboxylic acids is 2. The molecule has 0 bridgehead atoms. The zero-order valence-corrected chi connectivity index (χ0v) is 22.8. The number of nitrogens with zero attached hydrogens (tertiary/aromatic N) is 1. The van der Waals surface area contributed by atoms with Gasteiger partial charge in [0, 0.05) is 6.54 Å². The van der Waals surface area contributed by atoms with E-state index in [0.717, 1.165) is 15.3 Å². The minimum Gasteiger partial charge on any atom is -0.467 e.